The first-order valence-electron chi connectivity index (χ1n) is 8.14. The Morgan fingerprint density at radius 2 is 1.96 bits per heavy atom. The Kier molecular flexibility index (Phi) is 4.60. The molecule has 0 bridgehead atoms. The van der Waals surface area contributed by atoms with Gasteiger partial charge in [0.25, 0.3) is 11.8 Å². The van der Waals surface area contributed by atoms with E-state index >= 15 is 0 Å². The molecule has 2 aromatic rings. The molecule has 5 heteroatoms. The zero-order chi connectivity index (χ0) is 17.1. The molecule has 5 nitrogen and oxygen atoms in total. The summed E-state index contributed by atoms with van der Waals surface area (Å²) in [5, 5.41) is 5.52. The molecule has 1 fully saturated rings. The number of carbonyl (C=O) groups excluding carboxylic acids is 2. The highest BCUT2D eigenvalue weighted by Crippen LogP contribution is 2.20. The molecule has 0 unspecified atom stereocenters. The number of nitrogens with one attached hydrogen (secondary N) is 2. The fourth-order valence-electron chi connectivity index (χ4n) is 2.58. The second kappa shape index (κ2) is 6.83. The van der Waals surface area contributed by atoms with Crippen molar-refractivity contribution in [3.8, 4) is 0 Å². The summed E-state index contributed by atoms with van der Waals surface area (Å²) in [4.78, 5) is 28.7. The van der Waals surface area contributed by atoms with Crippen LogP contribution in [0.3, 0.4) is 0 Å². The van der Waals surface area contributed by atoms with Crippen molar-refractivity contribution >= 4 is 11.8 Å². The number of amides is 2. The molecule has 3 rings (SSSR count). The fraction of sp³-hybridized carbons (Fsp3) is 0.316. The lowest BCUT2D eigenvalue weighted by Gasteiger charge is -2.09. The summed E-state index contributed by atoms with van der Waals surface area (Å²) in [5.74, 6) is -0.433. The average Bonchev–Trinajstić information content (AvgIpc) is 3.37. The van der Waals surface area contributed by atoms with Crippen LogP contribution >= 0.6 is 0 Å². The minimum Gasteiger partial charge on any atom is -0.354 e. The van der Waals surface area contributed by atoms with E-state index in [4.69, 9.17) is 0 Å². The highest BCUT2D eigenvalue weighted by molar-refractivity contribution is 5.98. The SMILES string of the molecule is CNC(=O)c1cc(C(=O)NC2CC2)cc(Cc2cccc(C)c2)n1. The highest BCUT2D eigenvalue weighted by Gasteiger charge is 2.24. The topological polar surface area (TPSA) is 71.1 Å². The van der Waals surface area contributed by atoms with Gasteiger partial charge in [0.2, 0.25) is 0 Å². The van der Waals surface area contributed by atoms with Gasteiger partial charge in [-0.25, -0.2) is 4.98 Å². The molecule has 2 N–H and O–H groups in total. The van der Waals surface area contributed by atoms with E-state index < -0.39 is 0 Å². The average molecular weight is 323 g/mol. The normalized spacial score (nSPS) is 13.4. The number of carbonyl (C=O) groups is 2. The van der Waals surface area contributed by atoms with Gasteiger partial charge in [-0.2, -0.15) is 0 Å². The monoisotopic (exact) mass is 323 g/mol. The van der Waals surface area contributed by atoms with Crippen LogP contribution in [0, 0.1) is 6.92 Å². The van der Waals surface area contributed by atoms with Crippen molar-refractivity contribution < 1.29 is 9.59 Å². The molecule has 24 heavy (non-hydrogen) atoms. The van der Waals surface area contributed by atoms with Crippen molar-refractivity contribution in [2.45, 2.75) is 32.2 Å². The van der Waals surface area contributed by atoms with Crippen LogP contribution < -0.4 is 10.6 Å². The molecule has 124 valence electrons. The number of hydrogen-bond donors (Lipinski definition) is 2. The summed E-state index contributed by atoms with van der Waals surface area (Å²) < 4.78 is 0. The Hall–Kier alpha value is -2.69. The number of aromatic nitrogens is 1. The summed E-state index contributed by atoms with van der Waals surface area (Å²) in [6, 6.07) is 11.7. The van der Waals surface area contributed by atoms with Crippen LogP contribution in [0.1, 0.15) is 50.5 Å². The van der Waals surface area contributed by atoms with Gasteiger partial charge in [-0.05, 0) is 37.5 Å². The van der Waals surface area contributed by atoms with Gasteiger partial charge in [0, 0.05) is 30.8 Å². The third-order valence-electron chi connectivity index (χ3n) is 3.98. The summed E-state index contributed by atoms with van der Waals surface area (Å²) >= 11 is 0. The summed E-state index contributed by atoms with van der Waals surface area (Å²) in [5.41, 5.74) is 3.73. The van der Waals surface area contributed by atoms with Crippen molar-refractivity contribution in [2.75, 3.05) is 7.05 Å². The Balaban J connectivity index is 1.91. The molecule has 1 aliphatic rings. The molecule has 0 radical (unpaired) electrons. The predicted molar refractivity (Wildman–Crippen MR) is 92.1 cm³/mol. The molecule has 0 spiro atoms. The standard InChI is InChI=1S/C19H21N3O2/c1-12-4-3-5-13(8-12)9-16-10-14(18(23)22-15-6-7-15)11-17(21-16)19(24)20-2/h3-5,8,10-11,15H,6-7,9H2,1-2H3,(H,20,24)(H,22,23). The van der Waals surface area contributed by atoms with Crippen molar-refractivity contribution in [3.05, 3.63) is 64.5 Å². The van der Waals surface area contributed by atoms with Gasteiger partial charge in [-0.3, -0.25) is 9.59 Å². The second-order valence-corrected chi connectivity index (χ2v) is 6.23. The maximum absolute atomic E-state index is 12.3. The van der Waals surface area contributed by atoms with E-state index in [1.807, 2.05) is 25.1 Å². The summed E-state index contributed by atoms with van der Waals surface area (Å²) in [6.45, 7) is 2.03. The molecule has 2 amide bonds. The largest absolute Gasteiger partial charge is 0.354 e. The number of hydrogen-bond acceptors (Lipinski definition) is 3. The minimum absolute atomic E-state index is 0.143. The quantitative estimate of drug-likeness (QED) is 0.886. The van der Waals surface area contributed by atoms with Crippen LogP contribution in [-0.4, -0.2) is 29.9 Å². The Morgan fingerprint density at radius 3 is 2.62 bits per heavy atom. The third kappa shape index (κ3) is 3.98. The molecule has 0 atom stereocenters. The molecule has 1 aromatic carbocycles. The van der Waals surface area contributed by atoms with Gasteiger partial charge in [0.15, 0.2) is 0 Å². The first kappa shape index (κ1) is 16.2. The highest BCUT2D eigenvalue weighted by atomic mass is 16.2. The van der Waals surface area contributed by atoms with E-state index in [2.05, 4.69) is 21.7 Å². The van der Waals surface area contributed by atoms with Crippen LogP contribution in [0.4, 0.5) is 0 Å². The van der Waals surface area contributed by atoms with Crippen LogP contribution in [0.15, 0.2) is 36.4 Å². The number of nitrogens with zero attached hydrogens (tertiary/aromatic N) is 1. The van der Waals surface area contributed by atoms with Crippen molar-refractivity contribution in [1.29, 1.82) is 0 Å². The van der Waals surface area contributed by atoms with E-state index in [0.29, 0.717) is 17.7 Å². The van der Waals surface area contributed by atoms with E-state index in [-0.39, 0.29) is 23.6 Å². The Labute approximate surface area is 141 Å². The number of benzene rings is 1. The van der Waals surface area contributed by atoms with Crippen LogP contribution in [0.5, 0.6) is 0 Å². The van der Waals surface area contributed by atoms with Crippen molar-refractivity contribution in [3.63, 3.8) is 0 Å². The zero-order valence-corrected chi connectivity index (χ0v) is 13.9. The molecular weight excluding hydrogens is 302 g/mol. The lowest BCUT2D eigenvalue weighted by atomic mass is 10.0. The third-order valence-corrected chi connectivity index (χ3v) is 3.98. The number of aryl methyl sites for hydroxylation is 1. The number of pyridine rings is 1. The minimum atomic E-state index is -0.290. The molecule has 0 aliphatic heterocycles. The molecule has 1 aromatic heterocycles. The lowest BCUT2D eigenvalue weighted by Crippen LogP contribution is -2.27. The van der Waals surface area contributed by atoms with Gasteiger partial charge >= 0.3 is 0 Å². The van der Waals surface area contributed by atoms with Gasteiger partial charge in [-0.15, -0.1) is 0 Å². The molecule has 0 saturated heterocycles. The molecular formula is C19H21N3O2. The maximum atomic E-state index is 12.3. The smallest absolute Gasteiger partial charge is 0.269 e. The van der Waals surface area contributed by atoms with Crippen LogP contribution in [0.2, 0.25) is 0 Å². The van der Waals surface area contributed by atoms with Crippen molar-refractivity contribution in [1.82, 2.24) is 15.6 Å². The first-order chi connectivity index (χ1) is 11.5. The van der Waals surface area contributed by atoms with Gasteiger partial charge in [0.1, 0.15) is 5.69 Å². The van der Waals surface area contributed by atoms with Crippen molar-refractivity contribution in [2.24, 2.45) is 0 Å². The zero-order valence-electron chi connectivity index (χ0n) is 13.9. The van der Waals surface area contributed by atoms with E-state index in [9.17, 15) is 9.59 Å². The van der Waals surface area contributed by atoms with Gasteiger partial charge in [0.05, 0.1) is 0 Å². The van der Waals surface area contributed by atoms with Gasteiger partial charge in [-0.1, -0.05) is 29.8 Å². The van der Waals surface area contributed by atoms with E-state index in [1.54, 1.807) is 19.2 Å². The van der Waals surface area contributed by atoms with Crippen LogP contribution in [-0.2, 0) is 6.42 Å². The number of rotatable bonds is 5. The van der Waals surface area contributed by atoms with Gasteiger partial charge < -0.3 is 10.6 Å². The van der Waals surface area contributed by atoms with E-state index in [1.165, 1.54) is 5.56 Å². The fourth-order valence-corrected chi connectivity index (χ4v) is 2.58. The molecule has 1 aliphatic carbocycles. The maximum Gasteiger partial charge on any atom is 0.269 e. The Bertz CT molecular complexity index is 782. The summed E-state index contributed by atoms with van der Waals surface area (Å²) in [6.07, 6.45) is 2.63. The molecule has 1 saturated carbocycles. The van der Waals surface area contributed by atoms with E-state index in [0.717, 1.165) is 18.4 Å². The second-order valence-electron chi connectivity index (χ2n) is 6.23. The molecule has 1 heterocycles. The Morgan fingerprint density at radius 1 is 1.17 bits per heavy atom. The predicted octanol–water partition coefficient (Wildman–Crippen LogP) is 2.23. The lowest BCUT2D eigenvalue weighted by molar-refractivity contribution is 0.0951. The first-order valence-corrected chi connectivity index (χ1v) is 8.14. The summed E-state index contributed by atoms with van der Waals surface area (Å²) in [7, 11) is 1.56. The van der Waals surface area contributed by atoms with Crippen LogP contribution in [0.25, 0.3) is 0 Å².